The molecule has 0 atom stereocenters. The maximum absolute atomic E-state index is 11.4. The summed E-state index contributed by atoms with van der Waals surface area (Å²) in [4.78, 5) is 11.4. The molecule has 1 N–H and O–H groups in total. The first-order chi connectivity index (χ1) is 8.22. The summed E-state index contributed by atoms with van der Waals surface area (Å²) in [6.07, 6.45) is -0.431. The molecule has 0 fully saturated rings. The zero-order valence-corrected chi connectivity index (χ0v) is 11.0. The number of anilines is 1. The molecule has 88 valence electrons. The van der Waals surface area contributed by atoms with Gasteiger partial charge in [-0.2, -0.15) is 0 Å². The summed E-state index contributed by atoms with van der Waals surface area (Å²) < 4.78 is 5.87. The highest BCUT2D eigenvalue weighted by Gasteiger charge is 2.06. The van der Waals surface area contributed by atoms with Gasteiger partial charge in [0.2, 0.25) is 0 Å². The van der Waals surface area contributed by atoms with Gasteiger partial charge in [-0.15, -0.1) is 0 Å². The molecule has 1 amide bonds. The van der Waals surface area contributed by atoms with Crippen LogP contribution in [0.3, 0.4) is 0 Å². The van der Waals surface area contributed by atoms with Crippen molar-refractivity contribution in [3.8, 4) is 0 Å². The van der Waals surface area contributed by atoms with Gasteiger partial charge in [0.05, 0.1) is 12.3 Å². The molecule has 3 nitrogen and oxygen atoms in total. The number of rotatable bonds is 2. The van der Waals surface area contributed by atoms with Crippen molar-refractivity contribution in [1.82, 2.24) is 0 Å². The molecular formula is C13H12BrNO2. The topological polar surface area (TPSA) is 38.3 Å². The predicted octanol–water partition coefficient (Wildman–Crippen LogP) is 4.17. The molecule has 0 heterocycles. The molecule has 0 saturated carbocycles. The number of ether oxygens (including phenoxy) is 1. The summed E-state index contributed by atoms with van der Waals surface area (Å²) in [5.41, 5.74) is 0.752. The molecule has 2 aromatic rings. The van der Waals surface area contributed by atoms with E-state index in [0.717, 1.165) is 20.9 Å². The molecule has 0 bridgehead atoms. The number of hydrogen-bond donors (Lipinski definition) is 1. The fourth-order valence-corrected chi connectivity index (χ4v) is 2.16. The van der Waals surface area contributed by atoms with Crippen molar-refractivity contribution in [2.75, 3.05) is 11.9 Å². The van der Waals surface area contributed by atoms with Gasteiger partial charge in [-0.3, -0.25) is 5.32 Å². The predicted molar refractivity (Wildman–Crippen MR) is 72.3 cm³/mol. The van der Waals surface area contributed by atoms with Crippen molar-refractivity contribution in [3.05, 3.63) is 40.9 Å². The summed E-state index contributed by atoms with van der Waals surface area (Å²) in [7, 11) is 0. The Balaban J connectivity index is 2.41. The Kier molecular flexibility index (Phi) is 3.64. The number of hydrogen-bond acceptors (Lipinski definition) is 2. The second kappa shape index (κ2) is 5.19. The molecule has 4 heteroatoms. The van der Waals surface area contributed by atoms with E-state index in [1.54, 1.807) is 6.92 Å². The van der Waals surface area contributed by atoms with Crippen LogP contribution in [-0.2, 0) is 4.74 Å². The normalized spacial score (nSPS) is 10.2. The average Bonchev–Trinajstić information content (AvgIpc) is 2.31. The van der Waals surface area contributed by atoms with Gasteiger partial charge in [0, 0.05) is 9.86 Å². The Hall–Kier alpha value is -1.55. The lowest BCUT2D eigenvalue weighted by molar-refractivity contribution is 0.168. The van der Waals surface area contributed by atoms with Crippen molar-refractivity contribution in [3.63, 3.8) is 0 Å². The lowest BCUT2D eigenvalue weighted by Gasteiger charge is -2.09. The Bertz CT molecular complexity index is 554. The number of nitrogens with one attached hydrogen (secondary N) is 1. The van der Waals surface area contributed by atoms with E-state index >= 15 is 0 Å². The zero-order chi connectivity index (χ0) is 12.3. The van der Waals surface area contributed by atoms with Crippen molar-refractivity contribution < 1.29 is 9.53 Å². The van der Waals surface area contributed by atoms with Crippen LogP contribution in [0.2, 0.25) is 0 Å². The summed E-state index contributed by atoms with van der Waals surface area (Å²) in [5, 5.41) is 4.77. The van der Waals surface area contributed by atoms with Crippen LogP contribution in [0.15, 0.2) is 40.9 Å². The Morgan fingerprint density at radius 1 is 1.24 bits per heavy atom. The van der Waals surface area contributed by atoms with Crippen molar-refractivity contribution >= 4 is 38.5 Å². The number of carbonyl (C=O) groups excluding carboxylic acids is 1. The third-order valence-corrected chi connectivity index (χ3v) is 3.07. The fraction of sp³-hybridized carbons (Fsp3) is 0.154. The highest BCUT2D eigenvalue weighted by Crippen LogP contribution is 2.29. The highest BCUT2D eigenvalue weighted by molar-refractivity contribution is 9.10. The van der Waals surface area contributed by atoms with Gasteiger partial charge in [0.1, 0.15) is 0 Å². The van der Waals surface area contributed by atoms with E-state index in [1.807, 2.05) is 36.4 Å². The first-order valence-corrected chi connectivity index (χ1v) is 6.12. The van der Waals surface area contributed by atoms with Gasteiger partial charge in [-0.05, 0) is 24.4 Å². The van der Waals surface area contributed by atoms with Crippen LogP contribution in [0.4, 0.5) is 10.5 Å². The van der Waals surface area contributed by atoms with Gasteiger partial charge in [-0.25, -0.2) is 4.79 Å². The van der Waals surface area contributed by atoms with Crippen LogP contribution < -0.4 is 5.32 Å². The van der Waals surface area contributed by atoms with Crippen LogP contribution in [0, 0.1) is 0 Å². The Labute approximate surface area is 108 Å². The third-order valence-electron chi connectivity index (χ3n) is 2.38. The highest BCUT2D eigenvalue weighted by atomic mass is 79.9. The van der Waals surface area contributed by atoms with E-state index in [9.17, 15) is 4.79 Å². The molecule has 0 saturated heterocycles. The minimum Gasteiger partial charge on any atom is -0.450 e. The molecular weight excluding hydrogens is 282 g/mol. The second-order valence-electron chi connectivity index (χ2n) is 3.49. The molecule has 0 aromatic heterocycles. The Morgan fingerprint density at radius 2 is 1.94 bits per heavy atom. The largest absolute Gasteiger partial charge is 0.450 e. The molecule has 0 radical (unpaired) electrons. The quantitative estimate of drug-likeness (QED) is 0.902. The standard InChI is InChI=1S/C13H12BrNO2/c1-2-17-13(16)15-12-8-4-5-9-10(12)6-3-7-11(9)14/h3-8H,2H2,1H3,(H,15,16). The maximum atomic E-state index is 11.4. The lowest BCUT2D eigenvalue weighted by atomic mass is 10.1. The zero-order valence-electron chi connectivity index (χ0n) is 9.37. The van der Waals surface area contributed by atoms with E-state index in [-0.39, 0.29) is 0 Å². The molecule has 0 aliphatic carbocycles. The van der Waals surface area contributed by atoms with Crippen LogP contribution in [0.1, 0.15) is 6.92 Å². The van der Waals surface area contributed by atoms with E-state index in [1.165, 1.54) is 0 Å². The van der Waals surface area contributed by atoms with Crippen molar-refractivity contribution in [1.29, 1.82) is 0 Å². The summed E-state index contributed by atoms with van der Waals surface area (Å²) in [6.45, 7) is 2.14. The van der Waals surface area contributed by atoms with Crippen molar-refractivity contribution in [2.24, 2.45) is 0 Å². The smallest absolute Gasteiger partial charge is 0.411 e. The minimum atomic E-state index is -0.431. The van der Waals surface area contributed by atoms with Gasteiger partial charge >= 0.3 is 6.09 Å². The van der Waals surface area contributed by atoms with Crippen molar-refractivity contribution in [2.45, 2.75) is 6.92 Å². The molecule has 0 unspecified atom stereocenters. The van der Waals surface area contributed by atoms with Gasteiger partial charge in [-0.1, -0.05) is 40.2 Å². The van der Waals surface area contributed by atoms with E-state index < -0.39 is 6.09 Å². The first kappa shape index (κ1) is 11.9. The number of fused-ring (bicyclic) bond motifs is 1. The minimum absolute atomic E-state index is 0.361. The molecule has 17 heavy (non-hydrogen) atoms. The molecule has 2 aromatic carbocycles. The van der Waals surface area contributed by atoms with Crippen LogP contribution in [-0.4, -0.2) is 12.7 Å². The van der Waals surface area contributed by atoms with Gasteiger partial charge < -0.3 is 4.74 Å². The van der Waals surface area contributed by atoms with Gasteiger partial charge in [0.15, 0.2) is 0 Å². The number of halogens is 1. The van der Waals surface area contributed by atoms with Crippen LogP contribution in [0.25, 0.3) is 10.8 Å². The molecule has 0 aliphatic rings. The van der Waals surface area contributed by atoms with Crippen LogP contribution >= 0.6 is 15.9 Å². The van der Waals surface area contributed by atoms with E-state index in [0.29, 0.717) is 6.61 Å². The first-order valence-electron chi connectivity index (χ1n) is 5.33. The average molecular weight is 294 g/mol. The summed E-state index contributed by atoms with van der Waals surface area (Å²) >= 11 is 3.48. The monoisotopic (exact) mass is 293 g/mol. The van der Waals surface area contributed by atoms with E-state index in [4.69, 9.17) is 4.74 Å². The van der Waals surface area contributed by atoms with Gasteiger partial charge in [0.25, 0.3) is 0 Å². The molecule has 0 aliphatic heterocycles. The fourth-order valence-electron chi connectivity index (χ4n) is 1.66. The maximum Gasteiger partial charge on any atom is 0.411 e. The second-order valence-corrected chi connectivity index (χ2v) is 4.34. The molecule has 2 rings (SSSR count). The summed E-state index contributed by atoms with van der Waals surface area (Å²) in [5.74, 6) is 0. The molecule has 0 spiro atoms. The lowest BCUT2D eigenvalue weighted by Crippen LogP contribution is -2.13. The third kappa shape index (κ3) is 2.58. The Morgan fingerprint density at radius 3 is 2.71 bits per heavy atom. The number of amides is 1. The number of carbonyl (C=O) groups is 1. The van der Waals surface area contributed by atoms with Crippen LogP contribution in [0.5, 0.6) is 0 Å². The SMILES string of the molecule is CCOC(=O)Nc1cccc2c(Br)cccc12. The van der Waals surface area contributed by atoms with E-state index in [2.05, 4.69) is 21.2 Å². The summed E-state index contributed by atoms with van der Waals surface area (Å²) in [6, 6.07) is 11.6. The number of benzene rings is 2.